The fourth-order valence-electron chi connectivity index (χ4n) is 1.69. The molecule has 0 fully saturated rings. The largest absolute Gasteiger partial charge is 0.491 e. The zero-order chi connectivity index (χ0) is 13.0. The first kappa shape index (κ1) is 12.5. The normalized spacial score (nSPS) is 12.4. The van der Waals surface area contributed by atoms with Gasteiger partial charge in [0.1, 0.15) is 18.2 Å². The molecule has 0 spiro atoms. The molecule has 1 N–H and O–H groups in total. The minimum absolute atomic E-state index is 0.0590. The quantitative estimate of drug-likeness (QED) is 0.897. The van der Waals surface area contributed by atoms with Crippen LogP contribution in [0.15, 0.2) is 42.9 Å². The number of ether oxygens (including phenoxy) is 1. The van der Waals surface area contributed by atoms with Crippen LogP contribution in [0.1, 0.15) is 31.2 Å². The summed E-state index contributed by atoms with van der Waals surface area (Å²) < 4.78 is 5.68. The van der Waals surface area contributed by atoms with Crippen LogP contribution in [0, 0.1) is 0 Å². The van der Waals surface area contributed by atoms with Crippen LogP contribution in [0.4, 0.5) is 0 Å². The summed E-state index contributed by atoms with van der Waals surface area (Å²) in [6, 6.07) is 9.13. The maximum Gasteiger partial charge on any atom is 0.125 e. The van der Waals surface area contributed by atoms with E-state index in [4.69, 9.17) is 4.74 Å². The summed E-state index contributed by atoms with van der Waals surface area (Å²) in [5, 5.41) is 10.3. The Morgan fingerprint density at radius 1 is 1.17 bits per heavy atom. The molecule has 0 aliphatic carbocycles. The van der Waals surface area contributed by atoms with Crippen molar-refractivity contribution in [3.63, 3.8) is 0 Å². The molecule has 2 aromatic rings. The number of benzene rings is 1. The van der Waals surface area contributed by atoms with Gasteiger partial charge >= 0.3 is 0 Å². The first-order valence-electron chi connectivity index (χ1n) is 5.88. The van der Waals surface area contributed by atoms with Crippen LogP contribution in [-0.4, -0.2) is 21.2 Å². The van der Waals surface area contributed by atoms with Crippen LogP contribution in [0.2, 0.25) is 0 Å². The molecule has 0 aliphatic heterocycles. The lowest BCUT2D eigenvalue weighted by atomic mass is 10.1. The van der Waals surface area contributed by atoms with Crippen molar-refractivity contribution in [2.24, 2.45) is 0 Å². The molecule has 0 aliphatic rings. The minimum atomic E-state index is -0.803. The highest BCUT2D eigenvalue weighted by Crippen LogP contribution is 2.29. The second-order valence-electron chi connectivity index (χ2n) is 4.24. The number of para-hydroxylation sites is 1. The fourth-order valence-corrected chi connectivity index (χ4v) is 1.69. The third-order valence-electron chi connectivity index (χ3n) is 2.46. The Morgan fingerprint density at radius 2 is 1.94 bits per heavy atom. The minimum Gasteiger partial charge on any atom is -0.491 e. The standard InChI is InChI=1S/C14H16N2O2/c1-10(2)18-13-6-4-3-5-11(13)14(17)12-7-8-15-9-16-12/h3-10,14,17H,1-2H3. The Hall–Kier alpha value is -1.94. The van der Waals surface area contributed by atoms with E-state index in [1.807, 2.05) is 38.1 Å². The third kappa shape index (κ3) is 2.84. The van der Waals surface area contributed by atoms with Crippen LogP contribution >= 0.6 is 0 Å². The molecule has 4 nitrogen and oxygen atoms in total. The van der Waals surface area contributed by atoms with E-state index in [9.17, 15) is 5.11 Å². The van der Waals surface area contributed by atoms with Crippen LogP contribution in [0.25, 0.3) is 0 Å². The van der Waals surface area contributed by atoms with Gasteiger partial charge in [-0.25, -0.2) is 9.97 Å². The van der Waals surface area contributed by atoms with Crippen LogP contribution < -0.4 is 4.74 Å². The average molecular weight is 244 g/mol. The second kappa shape index (κ2) is 5.60. The molecule has 1 aromatic heterocycles. The molecule has 4 heteroatoms. The van der Waals surface area contributed by atoms with E-state index in [2.05, 4.69) is 9.97 Å². The van der Waals surface area contributed by atoms with E-state index >= 15 is 0 Å². The lowest BCUT2D eigenvalue weighted by Crippen LogP contribution is -2.10. The highest BCUT2D eigenvalue weighted by Gasteiger charge is 2.16. The summed E-state index contributed by atoms with van der Waals surface area (Å²) in [5.74, 6) is 0.679. The van der Waals surface area contributed by atoms with Crippen molar-refractivity contribution in [1.29, 1.82) is 0 Å². The summed E-state index contributed by atoms with van der Waals surface area (Å²) in [4.78, 5) is 7.90. The molecule has 0 saturated carbocycles. The number of aliphatic hydroxyl groups excluding tert-OH is 1. The van der Waals surface area contributed by atoms with Gasteiger partial charge in [0, 0.05) is 11.8 Å². The van der Waals surface area contributed by atoms with Gasteiger partial charge in [0.05, 0.1) is 11.8 Å². The molecule has 1 aromatic carbocycles. The molecular weight excluding hydrogens is 228 g/mol. The molecule has 18 heavy (non-hydrogen) atoms. The average Bonchev–Trinajstić information content (AvgIpc) is 2.39. The van der Waals surface area contributed by atoms with Gasteiger partial charge in [-0.2, -0.15) is 0 Å². The summed E-state index contributed by atoms with van der Waals surface area (Å²) in [6.07, 6.45) is 2.29. The van der Waals surface area contributed by atoms with E-state index in [0.717, 1.165) is 0 Å². The number of nitrogens with zero attached hydrogens (tertiary/aromatic N) is 2. The van der Waals surface area contributed by atoms with Gasteiger partial charge < -0.3 is 9.84 Å². The van der Waals surface area contributed by atoms with Crippen LogP contribution in [0.5, 0.6) is 5.75 Å². The van der Waals surface area contributed by atoms with Crippen molar-refractivity contribution in [3.8, 4) is 5.75 Å². The van der Waals surface area contributed by atoms with Gasteiger partial charge in [-0.15, -0.1) is 0 Å². The molecule has 94 valence electrons. The predicted octanol–water partition coefficient (Wildman–Crippen LogP) is 2.35. The van der Waals surface area contributed by atoms with E-state index < -0.39 is 6.10 Å². The first-order valence-corrected chi connectivity index (χ1v) is 5.88. The number of hydrogen-bond donors (Lipinski definition) is 1. The molecule has 1 unspecified atom stereocenters. The lowest BCUT2D eigenvalue weighted by Gasteiger charge is -2.17. The van der Waals surface area contributed by atoms with E-state index in [1.54, 1.807) is 12.3 Å². The van der Waals surface area contributed by atoms with Gasteiger partial charge in [0.25, 0.3) is 0 Å². The summed E-state index contributed by atoms with van der Waals surface area (Å²) in [5.41, 5.74) is 1.27. The Kier molecular flexibility index (Phi) is 3.89. The number of aromatic nitrogens is 2. The number of hydrogen-bond acceptors (Lipinski definition) is 4. The number of aliphatic hydroxyl groups is 1. The zero-order valence-electron chi connectivity index (χ0n) is 10.4. The van der Waals surface area contributed by atoms with Crippen LogP contribution in [-0.2, 0) is 0 Å². The van der Waals surface area contributed by atoms with Crippen molar-refractivity contribution in [2.45, 2.75) is 26.1 Å². The summed E-state index contributed by atoms with van der Waals surface area (Å²) in [6.45, 7) is 3.90. The van der Waals surface area contributed by atoms with E-state index in [-0.39, 0.29) is 6.10 Å². The molecule has 1 heterocycles. The second-order valence-corrected chi connectivity index (χ2v) is 4.24. The highest BCUT2D eigenvalue weighted by atomic mass is 16.5. The molecule has 0 saturated heterocycles. The third-order valence-corrected chi connectivity index (χ3v) is 2.46. The smallest absolute Gasteiger partial charge is 0.125 e. The molecule has 0 bridgehead atoms. The van der Waals surface area contributed by atoms with Crippen molar-refractivity contribution < 1.29 is 9.84 Å². The Balaban J connectivity index is 2.33. The van der Waals surface area contributed by atoms with Crippen LogP contribution in [0.3, 0.4) is 0 Å². The SMILES string of the molecule is CC(C)Oc1ccccc1C(O)c1ccncn1. The van der Waals surface area contributed by atoms with Crippen molar-refractivity contribution in [2.75, 3.05) is 0 Å². The molecule has 2 rings (SSSR count). The lowest BCUT2D eigenvalue weighted by molar-refractivity contribution is 0.194. The van der Waals surface area contributed by atoms with Gasteiger partial charge in [0.2, 0.25) is 0 Å². The monoisotopic (exact) mass is 244 g/mol. The maximum absolute atomic E-state index is 10.3. The Bertz CT molecular complexity index is 500. The van der Waals surface area contributed by atoms with Crippen molar-refractivity contribution in [3.05, 3.63) is 54.1 Å². The summed E-state index contributed by atoms with van der Waals surface area (Å²) >= 11 is 0. The predicted molar refractivity (Wildman–Crippen MR) is 68.3 cm³/mol. The molecular formula is C14H16N2O2. The molecule has 0 radical (unpaired) electrons. The van der Waals surface area contributed by atoms with Gasteiger partial charge in [-0.05, 0) is 26.0 Å². The summed E-state index contributed by atoms with van der Waals surface area (Å²) in [7, 11) is 0. The van der Waals surface area contributed by atoms with Gasteiger partial charge in [-0.3, -0.25) is 0 Å². The first-order chi connectivity index (χ1) is 8.68. The Labute approximate surface area is 106 Å². The molecule has 1 atom stereocenters. The van der Waals surface area contributed by atoms with Crippen molar-refractivity contribution in [1.82, 2.24) is 9.97 Å². The maximum atomic E-state index is 10.3. The van der Waals surface area contributed by atoms with Gasteiger partial charge in [-0.1, -0.05) is 18.2 Å². The number of rotatable bonds is 4. The van der Waals surface area contributed by atoms with Crippen molar-refractivity contribution >= 4 is 0 Å². The van der Waals surface area contributed by atoms with Gasteiger partial charge in [0.15, 0.2) is 0 Å². The van der Waals surface area contributed by atoms with E-state index in [1.165, 1.54) is 6.33 Å². The van der Waals surface area contributed by atoms with E-state index in [0.29, 0.717) is 17.0 Å². The fraction of sp³-hybridized carbons (Fsp3) is 0.286. The molecule has 0 amide bonds. The zero-order valence-corrected chi connectivity index (χ0v) is 10.4. The topological polar surface area (TPSA) is 55.2 Å². The Morgan fingerprint density at radius 3 is 2.61 bits per heavy atom. The highest BCUT2D eigenvalue weighted by molar-refractivity contribution is 5.38.